The van der Waals surface area contributed by atoms with Gasteiger partial charge < -0.3 is 15.5 Å². The van der Waals surface area contributed by atoms with Gasteiger partial charge in [-0.2, -0.15) is 0 Å². The van der Waals surface area contributed by atoms with Crippen LogP contribution in [-0.2, 0) is 4.79 Å². The summed E-state index contributed by atoms with van der Waals surface area (Å²) >= 11 is 12.5. The van der Waals surface area contributed by atoms with Gasteiger partial charge in [-0.05, 0) is 37.5 Å². The number of benzene rings is 1. The largest absolute Gasteiger partial charge is 0.357 e. The van der Waals surface area contributed by atoms with Crippen molar-refractivity contribution in [3.8, 4) is 0 Å². The number of aliphatic imine (C=N–C) groups is 1. The summed E-state index contributed by atoms with van der Waals surface area (Å²) in [5.74, 6) is 0.821. The number of hydrogen-bond donors (Lipinski definition) is 2. The molecule has 1 aromatic rings. The van der Waals surface area contributed by atoms with E-state index in [-0.39, 0.29) is 42.3 Å². The molecular weight excluding hydrogens is 486 g/mol. The molecule has 8 heteroatoms. The van der Waals surface area contributed by atoms with E-state index in [1.54, 1.807) is 0 Å². The number of likely N-dealkylation sites (tertiary alicyclic amines) is 1. The fourth-order valence-corrected chi connectivity index (χ4v) is 3.66. The minimum atomic E-state index is 0. The Labute approximate surface area is 182 Å². The van der Waals surface area contributed by atoms with Gasteiger partial charge in [0.15, 0.2) is 5.96 Å². The summed E-state index contributed by atoms with van der Waals surface area (Å²) in [6, 6.07) is 5.52. The zero-order valence-corrected chi connectivity index (χ0v) is 19.1. The normalized spacial score (nSPS) is 15.4. The lowest BCUT2D eigenvalue weighted by molar-refractivity contribution is -0.128. The fourth-order valence-electron chi connectivity index (χ4n) is 2.89. The number of carbonyl (C=O) groups is 1. The molecule has 0 radical (unpaired) electrons. The SMILES string of the molecule is CCNC(=NCC(=O)N1CCCC1)NCC(C)c1c(Cl)cccc1Cl.I. The first-order valence-corrected chi connectivity index (χ1v) is 9.52. The summed E-state index contributed by atoms with van der Waals surface area (Å²) < 4.78 is 0. The van der Waals surface area contributed by atoms with E-state index in [9.17, 15) is 4.79 Å². The van der Waals surface area contributed by atoms with Gasteiger partial charge in [0.05, 0.1) is 0 Å². The number of guanidine groups is 1. The lowest BCUT2D eigenvalue weighted by Crippen LogP contribution is -2.40. The molecule has 0 saturated carbocycles. The van der Waals surface area contributed by atoms with Crippen molar-refractivity contribution in [2.75, 3.05) is 32.7 Å². The van der Waals surface area contributed by atoms with Crippen LogP contribution in [0.3, 0.4) is 0 Å². The molecule has 5 nitrogen and oxygen atoms in total. The Morgan fingerprint density at radius 3 is 2.42 bits per heavy atom. The maximum absolute atomic E-state index is 12.1. The van der Waals surface area contributed by atoms with Crippen molar-refractivity contribution in [3.63, 3.8) is 0 Å². The molecule has 1 unspecified atom stereocenters. The average molecular weight is 513 g/mol. The molecule has 0 bridgehead atoms. The Hall–Kier alpha value is -0.730. The molecule has 1 heterocycles. The van der Waals surface area contributed by atoms with Crippen molar-refractivity contribution in [1.29, 1.82) is 0 Å². The molecule has 1 saturated heterocycles. The van der Waals surface area contributed by atoms with Crippen molar-refractivity contribution in [2.45, 2.75) is 32.6 Å². The number of hydrogen-bond acceptors (Lipinski definition) is 2. The molecule has 1 atom stereocenters. The van der Waals surface area contributed by atoms with E-state index in [0.717, 1.165) is 38.0 Å². The van der Waals surface area contributed by atoms with Crippen molar-refractivity contribution < 1.29 is 4.79 Å². The molecule has 1 aliphatic rings. The third-order valence-electron chi connectivity index (χ3n) is 4.24. The highest BCUT2D eigenvalue weighted by Gasteiger charge is 2.18. The van der Waals surface area contributed by atoms with Gasteiger partial charge in [0.2, 0.25) is 5.91 Å². The first kappa shape index (κ1) is 23.3. The quantitative estimate of drug-likeness (QED) is 0.345. The summed E-state index contributed by atoms with van der Waals surface area (Å²) in [5, 5.41) is 7.76. The molecule has 26 heavy (non-hydrogen) atoms. The molecule has 1 aromatic carbocycles. The van der Waals surface area contributed by atoms with Crippen LogP contribution in [0.25, 0.3) is 0 Å². The summed E-state index contributed by atoms with van der Waals surface area (Å²) in [4.78, 5) is 18.4. The Morgan fingerprint density at radius 1 is 1.23 bits per heavy atom. The molecule has 1 aliphatic heterocycles. The van der Waals surface area contributed by atoms with E-state index in [4.69, 9.17) is 23.2 Å². The molecular formula is C18H27Cl2IN4O. The Balaban J connectivity index is 0.00000338. The molecule has 1 amide bonds. The van der Waals surface area contributed by atoms with Crippen LogP contribution < -0.4 is 10.6 Å². The molecule has 0 aromatic heterocycles. The second-order valence-corrected chi connectivity index (χ2v) is 7.01. The Morgan fingerprint density at radius 2 is 1.85 bits per heavy atom. The van der Waals surface area contributed by atoms with E-state index in [1.807, 2.05) is 30.0 Å². The maximum Gasteiger partial charge on any atom is 0.244 e. The lowest BCUT2D eigenvalue weighted by atomic mass is 10.0. The second-order valence-electron chi connectivity index (χ2n) is 6.20. The van der Waals surface area contributed by atoms with E-state index < -0.39 is 0 Å². The second kappa shape index (κ2) is 11.9. The highest BCUT2D eigenvalue weighted by molar-refractivity contribution is 14.0. The predicted molar refractivity (Wildman–Crippen MR) is 120 cm³/mol. The van der Waals surface area contributed by atoms with Gasteiger partial charge in [0, 0.05) is 42.1 Å². The number of halogens is 3. The van der Waals surface area contributed by atoms with E-state index in [0.29, 0.717) is 22.5 Å². The summed E-state index contributed by atoms with van der Waals surface area (Å²) in [5.41, 5.74) is 0.919. The van der Waals surface area contributed by atoms with Gasteiger partial charge >= 0.3 is 0 Å². The molecule has 0 spiro atoms. The minimum Gasteiger partial charge on any atom is -0.357 e. The number of nitrogens with one attached hydrogen (secondary N) is 2. The average Bonchev–Trinajstić information content (AvgIpc) is 3.11. The monoisotopic (exact) mass is 512 g/mol. The summed E-state index contributed by atoms with van der Waals surface area (Å²) in [6.45, 7) is 7.25. The molecule has 146 valence electrons. The van der Waals surface area contributed by atoms with Crippen LogP contribution in [-0.4, -0.2) is 49.5 Å². The van der Waals surface area contributed by atoms with Crippen LogP contribution >= 0.6 is 47.2 Å². The van der Waals surface area contributed by atoms with Gasteiger partial charge in [0.1, 0.15) is 6.54 Å². The highest BCUT2D eigenvalue weighted by Crippen LogP contribution is 2.30. The molecule has 1 fully saturated rings. The van der Waals surface area contributed by atoms with Gasteiger partial charge in [-0.3, -0.25) is 4.79 Å². The van der Waals surface area contributed by atoms with Crippen LogP contribution in [0.5, 0.6) is 0 Å². The minimum absolute atomic E-state index is 0. The predicted octanol–water partition coefficient (Wildman–Crippen LogP) is 3.89. The van der Waals surface area contributed by atoms with Crippen molar-refractivity contribution in [3.05, 3.63) is 33.8 Å². The summed E-state index contributed by atoms with van der Waals surface area (Å²) in [7, 11) is 0. The molecule has 2 N–H and O–H groups in total. The smallest absolute Gasteiger partial charge is 0.244 e. The Bertz CT molecular complexity index is 601. The topological polar surface area (TPSA) is 56.7 Å². The van der Waals surface area contributed by atoms with Crippen LogP contribution in [0.4, 0.5) is 0 Å². The maximum atomic E-state index is 12.1. The van der Waals surface area contributed by atoms with E-state index in [1.165, 1.54) is 0 Å². The van der Waals surface area contributed by atoms with Crippen LogP contribution in [0, 0.1) is 0 Å². The van der Waals surface area contributed by atoms with Crippen LogP contribution in [0.1, 0.15) is 38.2 Å². The van der Waals surface area contributed by atoms with E-state index >= 15 is 0 Å². The van der Waals surface area contributed by atoms with Crippen LogP contribution in [0.15, 0.2) is 23.2 Å². The molecule has 2 rings (SSSR count). The number of rotatable bonds is 6. The van der Waals surface area contributed by atoms with Gasteiger partial charge in [-0.25, -0.2) is 4.99 Å². The zero-order chi connectivity index (χ0) is 18.2. The highest BCUT2D eigenvalue weighted by atomic mass is 127. The first-order chi connectivity index (χ1) is 12.0. The third kappa shape index (κ3) is 6.78. The number of nitrogens with zero attached hydrogens (tertiary/aromatic N) is 2. The number of carbonyl (C=O) groups excluding carboxylic acids is 1. The third-order valence-corrected chi connectivity index (χ3v) is 4.90. The lowest BCUT2D eigenvalue weighted by Gasteiger charge is -2.19. The van der Waals surface area contributed by atoms with E-state index in [2.05, 4.69) is 22.5 Å². The van der Waals surface area contributed by atoms with Crippen LogP contribution in [0.2, 0.25) is 10.0 Å². The number of amides is 1. The van der Waals surface area contributed by atoms with Gasteiger partial charge in [-0.1, -0.05) is 36.2 Å². The van der Waals surface area contributed by atoms with Crippen molar-refractivity contribution in [1.82, 2.24) is 15.5 Å². The standard InChI is InChI=1S/C18H26Cl2N4O.HI/c1-3-21-18(23-12-16(25)24-9-4-5-10-24)22-11-13(2)17-14(19)7-6-8-15(17)20;/h6-8,13H,3-5,9-12H2,1-2H3,(H2,21,22,23);1H. The van der Waals surface area contributed by atoms with Gasteiger partial charge in [0.25, 0.3) is 0 Å². The summed E-state index contributed by atoms with van der Waals surface area (Å²) in [6.07, 6.45) is 2.17. The first-order valence-electron chi connectivity index (χ1n) is 8.76. The van der Waals surface area contributed by atoms with Crippen molar-refractivity contribution in [2.24, 2.45) is 4.99 Å². The zero-order valence-electron chi connectivity index (χ0n) is 15.2. The van der Waals surface area contributed by atoms with Gasteiger partial charge in [-0.15, -0.1) is 24.0 Å². The fraction of sp³-hybridized carbons (Fsp3) is 0.556. The van der Waals surface area contributed by atoms with Crippen molar-refractivity contribution >= 4 is 59.0 Å². The molecule has 0 aliphatic carbocycles. The Kier molecular flexibility index (Phi) is 10.6.